The van der Waals surface area contributed by atoms with Gasteiger partial charge in [-0.25, -0.2) is 0 Å². The van der Waals surface area contributed by atoms with E-state index in [-0.39, 0.29) is 11.3 Å². The maximum atomic E-state index is 12.0. The van der Waals surface area contributed by atoms with E-state index in [1.54, 1.807) is 6.92 Å². The van der Waals surface area contributed by atoms with E-state index in [0.717, 1.165) is 5.69 Å². The molecule has 94 valence electrons. The normalized spacial score (nSPS) is 17.6. The molecule has 1 aliphatic heterocycles. The summed E-state index contributed by atoms with van der Waals surface area (Å²) in [6, 6.07) is 0. The van der Waals surface area contributed by atoms with Crippen LogP contribution in [-0.2, 0) is 11.2 Å². The van der Waals surface area contributed by atoms with Crippen molar-refractivity contribution in [2.45, 2.75) is 27.2 Å². The average Bonchev–Trinajstić information content (AvgIpc) is 2.64. The van der Waals surface area contributed by atoms with Crippen molar-refractivity contribution in [1.82, 2.24) is 10.5 Å². The van der Waals surface area contributed by atoms with Gasteiger partial charge in [0.05, 0.1) is 18.9 Å². The van der Waals surface area contributed by atoms with Crippen molar-refractivity contribution in [3.05, 3.63) is 17.0 Å². The number of nitrogens with one attached hydrogen (secondary N) is 1. The smallest absolute Gasteiger partial charge is 0.256 e. The number of ether oxygens (including phenoxy) is 1. The van der Waals surface area contributed by atoms with Crippen molar-refractivity contribution in [3.63, 3.8) is 0 Å². The van der Waals surface area contributed by atoms with Gasteiger partial charge in [0.15, 0.2) is 0 Å². The molecule has 1 N–H and O–H groups in total. The first-order valence-electron chi connectivity index (χ1n) is 5.87. The van der Waals surface area contributed by atoms with Crippen LogP contribution < -0.4 is 5.32 Å². The topological polar surface area (TPSA) is 64.4 Å². The number of carbonyl (C=O) groups excluding carboxylic acids is 1. The Balaban J connectivity index is 2.01. The van der Waals surface area contributed by atoms with Gasteiger partial charge >= 0.3 is 0 Å². The molecule has 5 heteroatoms. The van der Waals surface area contributed by atoms with E-state index in [1.165, 1.54) is 0 Å². The number of amides is 1. The summed E-state index contributed by atoms with van der Waals surface area (Å²) in [6.45, 7) is 7.84. The highest BCUT2D eigenvalue weighted by Crippen LogP contribution is 2.25. The van der Waals surface area contributed by atoms with E-state index >= 15 is 0 Å². The second kappa shape index (κ2) is 4.49. The summed E-state index contributed by atoms with van der Waals surface area (Å²) in [6.07, 6.45) is 0.695. The number of hydrogen-bond acceptors (Lipinski definition) is 4. The fourth-order valence-corrected chi connectivity index (χ4v) is 1.88. The zero-order chi connectivity index (χ0) is 12.5. The Morgan fingerprint density at radius 2 is 2.24 bits per heavy atom. The summed E-state index contributed by atoms with van der Waals surface area (Å²) in [4.78, 5) is 12.0. The van der Waals surface area contributed by atoms with Crippen LogP contribution in [0.3, 0.4) is 0 Å². The lowest BCUT2D eigenvalue weighted by molar-refractivity contribution is -0.0978. The molecule has 0 saturated carbocycles. The highest BCUT2D eigenvalue weighted by molar-refractivity contribution is 5.96. The van der Waals surface area contributed by atoms with Crippen LogP contribution in [0.15, 0.2) is 4.52 Å². The zero-order valence-electron chi connectivity index (χ0n) is 10.5. The Kier molecular flexibility index (Phi) is 3.19. The largest absolute Gasteiger partial charge is 0.380 e. The lowest BCUT2D eigenvalue weighted by Gasteiger charge is -2.37. The van der Waals surface area contributed by atoms with Crippen LogP contribution in [0.2, 0.25) is 0 Å². The van der Waals surface area contributed by atoms with Gasteiger partial charge in [0.25, 0.3) is 5.91 Å². The standard InChI is InChI=1S/C12H18N2O3/c1-4-9-10(8(2)17-14-9)11(15)13-5-12(3)6-16-7-12/h4-7H2,1-3H3,(H,13,15). The Labute approximate surface area is 101 Å². The second-order valence-corrected chi connectivity index (χ2v) is 4.90. The van der Waals surface area contributed by atoms with Gasteiger partial charge in [-0.05, 0) is 13.3 Å². The fraction of sp³-hybridized carbons (Fsp3) is 0.667. The van der Waals surface area contributed by atoms with Crippen molar-refractivity contribution in [1.29, 1.82) is 0 Å². The van der Waals surface area contributed by atoms with E-state index in [9.17, 15) is 4.79 Å². The van der Waals surface area contributed by atoms with E-state index in [4.69, 9.17) is 9.26 Å². The third kappa shape index (κ3) is 2.34. The molecule has 0 aliphatic carbocycles. The molecule has 0 spiro atoms. The molecule has 2 rings (SSSR count). The summed E-state index contributed by atoms with van der Waals surface area (Å²) in [7, 11) is 0. The molecule has 1 saturated heterocycles. The number of aromatic nitrogens is 1. The first kappa shape index (κ1) is 12.1. The van der Waals surface area contributed by atoms with Gasteiger partial charge < -0.3 is 14.6 Å². The number of hydrogen-bond donors (Lipinski definition) is 1. The molecule has 5 nitrogen and oxygen atoms in total. The molecule has 1 amide bonds. The Bertz CT molecular complexity index is 421. The Morgan fingerprint density at radius 1 is 1.53 bits per heavy atom. The maximum Gasteiger partial charge on any atom is 0.256 e. The first-order valence-corrected chi connectivity index (χ1v) is 5.87. The molecular weight excluding hydrogens is 220 g/mol. The van der Waals surface area contributed by atoms with E-state index in [2.05, 4.69) is 17.4 Å². The van der Waals surface area contributed by atoms with Crippen molar-refractivity contribution in [2.75, 3.05) is 19.8 Å². The monoisotopic (exact) mass is 238 g/mol. The molecule has 1 aromatic rings. The van der Waals surface area contributed by atoms with E-state index in [0.29, 0.717) is 37.5 Å². The molecule has 17 heavy (non-hydrogen) atoms. The fourth-order valence-electron chi connectivity index (χ4n) is 1.88. The molecule has 0 radical (unpaired) electrons. The van der Waals surface area contributed by atoms with Gasteiger partial charge in [0.2, 0.25) is 0 Å². The Morgan fingerprint density at radius 3 is 2.76 bits per heavy atom. The van der Waals surface area contributed by atoms with Crippen molar-refractivity contribution < 1.29 is 14.1 Å². The summed E-state index contributed by atoms with van der Waals surface area (Å²) in [5.74, 6) is 0.475. The predicted octanol–water partition coefficient (Wildman–Crippen LogP) is 1.31. The van der Waals surface area contributed by atoms with Crippen LogP contribution >= 0.6 is 0 Å². The first-order chi connectivity index (χ1) is 8.06. The molecule has 0 atom stereocenters. The average molecular weight is 238 g/mol. The number of carbonyl (C=O) groups is 1. The Hall–Kier alpha value is -1.36. The lowest BCUT2D eigenvalue weighted by Crippen LogP contribution is -2.48. The number of aryl methyl sites for hydroxylation is 2. The van der Waals surface area contributed by atoms with Crippen LogP contribution in [-0.4, -0.2) is 30.8 Å². The van der Waals surface area contributed by atoms with Gasteiger partial charge in [0, 0.05) is 12.0 Å². The quantitative estimate of drug-likeness (QED) is 0.859. The van der Waals surface area contributed by atoms with Crippen LogP contribution in [0.1, 0.15) is 35.7 Å². The minimum atomic E-state index is -0.103. The van der Waals surface area contributed by atoms with Gasteiger partial charge in [0.1, 0.15) is 11.3 Å². The van der Waals surface area contributed by atoms with Crippen LogP contribution in [0.25, 0.3) is 0 Å². The minimum Gasteiger partial charge on any atom is -0.380 e. The summed E-state index contributed by atoms with van der Waals surface area (Å²) < 4.78 is 10.2. The third-order valence-electron chi connectivity index (χ3n) is 3.07. The molecule has 2 heterocycles. The van der Waals surface area contributed by atoms with Crippen molar-refractivity contribution >= 4 is 5.91 Å². The highest BCUT2D eigenvalue weighted by atomic mass is 16.5. The minimum absolute atomic E-state index is 0.0765. The highest BCUT2D eigenvalue weighted by Gasteiger charge is 2.34. The zero-order valence-corrected chi connectivity index (χ0v) is 10.5. The third-order valence-corrected chi connectivity index (χ3v) is 3.07. The molecule has 0 bridgehead atoms. The second-order valence-electron chi connectivity index (χ2n) is 4.90. The molecule has 1 aromatic heterocycles. The SMILES string of the molecule is CCc1noc(C)c1C(=O)NCC1(C)COC1. The molecule has 1 fully saturated rings. The molecule has 0 unspecified atom stereocenters. The van der Waals surface area contributed by atoms with Crippen LogP contribution in [0.4, 0.5) is 0 Å². The van der Waals surface area contributed by atoms with Gasteiger partial charge in [-0.1, -0.05) is 19.0 Å². The molecule has 0 aromatic carbocycles. The van der Waals surface area contributed by atoms with Crippen molar-refractivity contribution in [2.24, 2.45) is 5.41 Å². The van der Waals surface area contributed by atoms with Crippen LogP contribution in [0.5, 0.6) is 0 Å². The number of nitrogens with zero attached hydrogens (tertiary/aromatic N) is 1. The summed E-state index contributed by atoms with van der Waals surface area (Å²) in [5, 5.41) is 6.80. The molecule has 1 aliphatic rings. The van der Waals surface area contributed by atoms with Crippen LogP contribution in [0, 0.1) is 12.3 Å². The molecular formula is C12H18N2O3. The summed E-state index contributed by atoms with van der Waals surface area (Å²) in [5.41, 5.74) is 1.37. The van der Waals surface area contributed by atoms with Gasteiger partial charge in [-0.15, -0.1) is 0 Å². The number of rotatable bonds is 4. The van der Waals surface area contributed by atoms with E-state index < -0.39 is 0 Å². The van der Waals surface area contributed by atoms with Gasteiger partial charge in [-0.2, -0.15) is 0 Å². The lowest BCUT2D eigenvalue weighted by atomic mass is 9.88. The summed E-state index contributed by atoms with van der Waals surface area (Å²) >= 11 is 0. The van der Waals surface area contributed by atoms with E-state index in [1.807, 2.05) is 6.92 Å². The maximum absolute atomic E-state index is 12.0. The van der Waals surface area contributed by atoms with Crippen molar-refractivity contribution in [3.8, 4) is 0 Å². The van der Waals surface area contributed by atoms with Gasteiger partial charge in [-0.3, -0.25) is 4.79 Å². The predicted molar refractivity (Wildman–Crippen MR) is 61.9 cm³/mol.